The maximum absolute atomic E-state index is 13.6. The van der Waals surface area contributed by atoms with Crippen LogP contribution < -0.4 is 10.1 Å². The fourth-order valence-corrected chi connectivity index (χ4v) is 4.43. The van der Waals surface area contributed by atoms with Gasteiger partial charge in [0.15, 0.2) is 0 Å². The Morgan fingerprint density at radius 3 is 2.32 bits per heavy atom. The van der Waals surface area contributed by atoms with Crippen molar-refractivity contribution in [3.8, 4) is 5.75 Å². The molecule has 7 heteroatoms. The number of hydrogen-bond acceptors (Lipinski definition) is 3. The summed E-state index contributed by atoms with van der Waals surface area (Å²) >= 11 is 12.6. The molecule has 1 N–H and O–H groups in total. The second kappa shape index (κ2) is 14.1. The summed E-state index contributed by atoms with van der Waals surface area (Å²) in [4.78, 5) is 28.6. The lowest BCUT2D eigenvalue weighted by Crippen LogP contribution is -2.51. The molecule has 37 heavy (non-hydrogen) atoms. The quantitative estimate of drug-likeness (QED) is 0.262. The average Bonchev–Trinajstić information content (AvgIpc) is 2.86. The van der Waals surface area contributed by atoms with Gasteiger partial charge in [-0.05, 0) is 62.6 Å². The van der Waals surface area contributed by atoms with Crippen LogP contribution in [0.2, 0.25) is 10.0 Å². The predicted octanol–water partition coefficient (Wildman–Crippen LogP) is 6.63. The summed E-state index contributed by atoms with van der Waals surface area (Å²) in [5.74, 6) is 0.424. The standard InChI is InChI=1S/C30H34Cl2N2O3/c1-21(2)33-30(36)28(18-23-8-5-4-6-9-23)34(20-24-13-14-25(31)19-27(24)32)29(35)10-7-17-37-26-15-11-22(3)12-16-26/h4-6,8-9,11-16,19,21,28H,7,10,17-18,20H2,1-3H3,(H,33,36). The van der Waals surface area contributed by atoms with Crippen LogP contribution in [-0.4, -0.2) is 35.4 Å². The average molecular weight is 542 g/mol. The van der Waals surface area contributed by atoms with Gasteiger partial charge in [-0.25, -0.2) is 0 Å². The van der Waals surface area contributed by atoms with Crippen molar-refractivity contribution >= 4 is 35.0 Å². The van der Waals surface area contributed by atoms with Crippen LogP contribution in [0, 0.1) is 6.92 Å². The first kappa shape index (κ1) is 28.5. The lowest BCUT2D eigenvalue weighted by molar-refractivity contribution is -0.141. The lowest BCUT2D eigenvalue weighted by atomic mass is 10.0. The van der Waals surface area contributed by atoms with Crippen molar-refractivity contribution in [3.05, 3.63) is 99.5 Å². The van der Waals surface area contributed by atoms with Crippen LogP contribution in [0.4, 0.5) is 0 Å². The molecule has 0 fully saturated rings. The van der Waals surface area contributed by atoms with Gasteiger partial charge in [-0.2, -0.15) is 0 Å². The molecule has 1 unspecified atom stereocenters. The molecule has 3 aromatic rings. The van der Waals surface area contributed by atoms with Crippen molar-refractivity contribution in [2.24, 2.45) is 0 Å². The van der Waals surface area contributed by atoms with E-state index >= 15 is 0 Å². The SMILES string of the molecule is Cc1ccc(OCCCC(=O)N(Cc2ccc(Cl)cc2Cl)C(Cc2ccccc2)C(=O)NC(C)C)cc1. The normalized spacial score (nSPS) is 11.7. The molecule has 0 spiro atoms. The number of ether oxygens (including phenoxy) is 1. The number of aryl methyl sites for hydroxylation is 1. The van der Waals surface area contributed by atoms with Crippen molar-refractivity contribution < 1.29 is 14.3 Å². The third-order valence-electron chi connectivity index (χ3n) is 5.88. The highest BCUT2D eigenvalue weighted by Crippen LogP contribution is 2.25. The van der Waals surface area contributed by atoms with Gasteiger partial charge in [-0.1, -0.05) is 77.3 Å². The summed E-state index contributed by atoms with van der Waals surface area (Å²) < 4.78 is 5.81. The van der Waals surface area contributed by atoms with E-state index in [2.05, 4.69) is 5.32 Å². The summed E-state index contributed by atoms with van der Waals surface area (Å²) in [5.41, 5.74) is 2.85. The number of nitrogens with one attached hydrogen (secondary N) is 1. The summed E-state index contributed by atoms with van der Waals surface area (Å²) in [6.07, 6.45) is 1.13. The van der Waals surface area contributed by atoms with E-state index in [1.807, 2.05) is 75.4 Å². The molecule has 0 saturated heterocycles. The van der Waals surface area contributed by atoms with E-state index in [1.54, 1.807) is 23.1 Å². The molecule has 3 aromatic carbocycles. The second-order valence-electron chi connectivity index (χ2n) is 9.39. The van der Waals surface area contributed by atoms with Gasteiger partial charge in [0.1, 0.15) is 11.8 Å². The van der Waals surface area contributed by atoms with Gasteiger partial charge in [-0.3, -0.25) is 9.59 Å². The number of amides is 2. The van der Waals surface area contributed by atoms with Gasteiger partial charge in [0.05, 0.1) is 6.61 Å². The number of carbonyl (C=O) groups is 2. The highest BCUT2D eigenvalue weighted by Gasteiger charge is 2.31. The number of carbonyl (C=O) groups excluding carboxylic acids is 2. The van der Waals surface area contributed by atoms with E-state index in [4.69, 9.17) is 27.9 Å². The van der Waals surface area contributed by atoms with Crippen LogP contribution in [-0.2, 0) is 22.6 Å². The molecule has 0 bridgehead atoms. The van der Waals surface area contributed by atoms with Crippen LogP contribution in [0.5, 0.6) is 5.75 Å². The van der Waals surface area contributed by atoms with Gasteiger partial charge in [-0.15, -0.1) is 0 Å². The van der Waals surface area contributed by atoms with Crippen molar-refractivity contribution in [1.29, 1.82) is 0 Å². The highest BCUT2D eigenvalue weighted by molar-refractivity contribution is 6.35. The number of rotatable bonds is 12. The molecule has 3 rings (SSSR count). The Morgan fingerprint density at radius 2 is 1.68 bits per heavy atom. The molecule has 0 aromatic heterocycles. The molecule has 0 saturated carbocycles. The zero-order valence-electron chi connectivity index (χ0n) is 21.5. The minimum Gasteiger partial charge on any atom is -0.494 e. The Kier molecular flexibility index (Phi) is 10.8. The highest BCUT2D eigenvalue weighted by atomic mass is 35.5. The van der Waals surface area contributed by atoms with E-state index in [-0.39, 0.29) is 30.8 Å². The van der Waals surface area contributed by atoms with Crippen LogP contribution in [0.15, 0.2) is 72.8 Å². The molecule has 0 radical (unpaired) electrons. The zero-order chi connectivity index (χ0) is 26.8. The zero-order valence-corrected chi connectivity index (χ0v) is 23.1. The molecular weight excluding hydrogens is 507 g/mol. The Morgan fingerprint density at radius 1 is 0.973 bits per heavy atom. The Balaban J connectivity index is 1.81. The predicted molar refractivity (Wildman–Crippen MR) is 150 cm³/mol. The smallest absolute Gasteiger partial charge is 0.243 e. The fourth-order valence-electron chi connectivity index (χ4n) is 3.96. The monoisotopic (exact) mass is 540 g/mol. The fraction of sp³-hybridized carbons (Fsp3) is 0.333. The molecule has 5 nitrogen and oxygen atoms in total. The summed E-state index contributed by atoms with van der Waals surface area (Å²) in [6, 6.07) is 21.9. The Hall–Kier alpha value is -3.02. The third-order valence-corrected chi connectivity index (χ3v) is 6.47. The van der Waals surface area contributed by atoms with Crippen LogP contribution in [0.3, 0.4) is 0 Å². The second-order valence-corrected chi connectivity index (χ2v) is 10.2. The molecule has 0 aliphatic carbocycles. The number of benzene rings is 3. The maximum Gasteiger partial charge on any atom is 0.243 e. The molecule has 196 valence electrons. The molecule has 2 amide bonds. The Bertz CT molecular complexity index is 1170. The van der Waals surface area contributed by atoms with E-state index in [1.165, 1.54) is 0 Å². The van der Waals surface area contributed by atoms with Gasteiger partial charge in [0.25, 0.3) is 0 Å². The minimum absolute atomic E-state index is 0.0650. The van der Waals surface area contributed by atoms with E-state index < -0.39 is 6.04 Å². The molecule has 0 aliphatic heterocycles. The Labute approximate surface area is 229 Å². The van der Waals surface area contributed by atoms with Gasteiger partial charge >= 0.3 is 0 Å². The minimum atomic E-state index is -0.706. The largest absolute Gasteiger partial charge is 0.494 e. The van der Waals surface area contributed by atoms with Gasteiger partial charge < -0.3 is 15.0 Å². The molecule has 0 heterocycles. The lowest BCUT2D eigenvalue weighted by Gasteiger charge is -2.32. The van der Waals surface area contributed by atoms with Crippen molar-refractivity contribution in [2.75, 3.05) is 6.61 Å². The van der Waals surface area contributed by atoms with Crippen LogP contribution >= 0.6 is 23.2 Å². The summed E-state index contributed by atoms with van der Waals surface area (Å²) in [7, 11) is 0. The van der Waals surface area contributed by atoms with Crippen LogP contribution in [0.1, 0.15) is 43.4 Å². The van der Waals surface area contributed by atoms with Crippen molar-refractivity contribution in [1.82, 2.24) is 10.2 Å². The topological polar surface area (TPSA) is 58.6 Å². The van der Waals surface area contributed by atoms with Crippen molar-refractivity contribution in [2.45, 2.75) is 58.7 Å². The first-order valence-corrected chi connectivity index (χ1v) is 13.3. The molecule has 0 aliphatic rings. The van der Waals surface area contributed by atoms with Gasteiger partial charge in [0.2, 0.25) is 11.8 Å². The number of hydrogen-bond donors (Lipinski definition) is 1. The third kappa shape index (κ3) is 9.10. The maximum atomic E-state index is 13.6. The van der Waals surface area contributed by atoms with E-state index in [0.29, 0.717) is 29.5 Å². The van der Waals surface area contributed by atoms with Gasteiger partial charge in [0, 0.05) is 35.5 Å². The van der Waals surface area contributed by atoms with E-state index in [0.717, 1.165) is 22.4 Å². The summed E-state index contributed by atoms with van der Waals surface area (Å²) in [6.45, 7) is 6.41. The molecule has 1 atom stereocenters. The first-order valence-electron chi connectivity index (χ1n) is 12.5. The summed E-state index contributed by atoms with van der Waals surface area (Å²) in [5, 5.41) is 3.96. The first-order chi connectivity index (χ1) is 17.7. The van der Waals surface area contributed by atoms with Crippen molar-refractivity contribution in [3.63, 3.8) is 0 Å². The van der Waals surface area contributed by atoms with E-state index in [9.17, 15) is 9.59 Å². The number of halogens is 2. The molecular formula is C30H34Cl2N2O3. The number of nitrogens with zero attached hydrogens (tertiary/aromatic N) is 1. The van der Waals surface area contributed by atoms with Crippen LogP contribution in [0.25, 0.3) is 0 Å².